The smallest absolute Gasteiger partial charge is 0.406 e. The molecule has 0 unspecified atom stereocenters. The van der Waals surface area contributed by atoms with Crippen LogP contribution in [0, 0.1) is 6.92 Å². The number of halogens is 5. The van der Waals surface area contributed by atoms with E-state index in [4.69, 9.17) is 16.7 Å². The zero-order valence-electron chi connectivity index (χ0n) is 18.2. The molecule has 1 aromatic carbocycles. The van der Waals surface area contributed by atoms with Gasteiger partial charge in [0.25, 0.3) is 0 Å². The van der Waals surface area contributed by atoms with E-state index in [-0.39, 0.29) is 60.1 Å². The third kappa shape index (κ3) is 6.49. The van der Waals surface area contributed by atoms with E-state index in [0.29, 0.717) is 5.56 Å². The van der Waals surface area contributed by atoms with E-state index in [1.165, 1.54) is 36.2 Å². The van der Waals surface area contributed by atoms with Crippen molar-refractivity contribution in [2.45, 2.75) is 44.3 Å². The minimum Gasteiger partial charge on any atom is -0.406 e. The maximum Gasteiger partial charge on any atom is 0.573 e. The highest BCUT2D eigenvalue weighted by molar-refractivity contribution is 6.31. The number of aromatic nitrogens is 1. The van der Waals surface area contributed by atoms with E-state index >= 15 is 4.39 Å². The molecule has 1 aliphatic rings. The topological polar surface area (TPSA) is 94.9 Å². The molecule has 1 atom stereocenters. The number of hydrogen-bond acceptors (Lipinski definition) is 5. The molecule has 2 heterocycles. The molecule has 12 heteroatoms. The van der Waals surface area contributed by atoms with Crippen molar-refractivity contribution in [3.63, 3.8) is 0 Å². The summed E-state index contributed by atoms with van der Waals surface area (Å²) in [5.41, 5.74) is -0.786. The second-order valence-electron chi connectivity index (χ2n) is 8.13. The standard InChI is InChI=1S/C22H24ClF4N3O4/c1-13-8-15(2-3-18(13)34-22(25,26)27)29-20(33)30-6-4-21(24,5-7-30)19-17(23)10-14(11-28-19)9-16(32)12-31/h2-3,8,10-11,16,31-32H,4-7,9,12H2,1H3,(H,29,33)/t16-/m0/s1. The van der Waals surface area contributed by atoms with Crippen LogP contribution in [0.4, 0.5) is 28.0 Å². The van der Waals surface area contributed by atoms with Crippen molar-refractivity contribution >= 4 is 23.3 Å². The lowest BCUT2D eigenvalue weighted by atomic mass is 9.89. The normalized spacial score (nSPS) is 16.8. The zero-order valence-corrected chi connectivity index (χ0v) is 19.0. The molecule has 0 radical (unpaired) electrons. The monoisotopic (exact) mass is 505 g/mol. The van der Waals surface area contributed by atoms with E-state index < -0.39 is 30.8 Å². The van der Waals surface area contributed by atoms with Gasteiger partial charge in [-0.05, 0) is 42.3 Å². The molecule has 0 bridgehead atoms. The molecule has 1 aliphatic heterocycles. The molecule has 3 N–H and O–H groups in total. The number of amides is 2. The number of alkyl halides is 4. The van der Waals surface area contributed by atoms with E-state index in [9.17, 15) is 23.1 Å². The van der Waals surface area contributed by atoms with Crippen molar-refractivity contribution in [1.29, 1.82) is 0 Å². The summed E-state index contributed by atoms with van der Waals surface area (Å²) in [6, 6.07) is 4.73. The van der Waals surface area contributed by atoms with Crippen molar-refractivity contribution < 1.29 is 37.3 Å². The average Bonchev–Trinajstić information content (AvgIpc) is 2.75. The Balaban J connectivity index is 1.61. The summed E-state index contributed by atoms with van der Waals surface area (Å²) < 4.78 is 56.8. The second kappa shape index (κ2) is 10.3. The van der Waals surface area contributed by atoms with Gasteiger partial charge >= 0.3 is 12.4 Å². The molecule has 0 saturated carbocycles. The molecular weight excluding hydrogens is 482 g/mol. The van der Waals surface area contributed by atoms with Crippen LogP contribution in [-0.2, 0) is 12.1 Å². The summed E-state index contributed by atoms with van der Waals surface area (Å²) in [4.78, 5) is 18.1. The molecule has 186 valence electrons. The molecule has 2 aromatic rings. The molecule has 7 nitrogen and oxygen atoms in total. The molecule has 34 heavy (non-hydrogen) atoms. The van der Waals surface area contributed by atoms with Crippen LogP contribution in [0.1, 0.15) is 29.7 Å². The Bertz CT molecular complexity index is 1030. The molecular formula is C22H24ClF4N3O4. The number of nitrogens with one attached hydrogen (secondary N) is 1. The first-order chi connectivity index (χ1) is 15.9. The molecule has 1 aromatic heterocycles. The van der Waals surface area contributed by atoms with Gasteiger partial charge in [-0.2, -0.15) is 0 Å². The van der Waals surface area contributed by atoms with Gasteiger partial charge in [0.05, 0.1) is 23.4 Å². The summed E-state index contributed by atoms with van der Waals surface area (Å²) in [5.74, 6) is -0.369. The fraction of sp³-hybridized carbons (Fsp3) is 0.455. The van der Waals surface area contributed by atoms with Crippen LogP contribution in [0.2, 0.25) is 5.02 Å². The van der Waals surface area contributed by atoms with Crippen molar-refractivity contribution in [1.82, 2.24) is 9.88 Å². The van der Waals surface area contributed by atoms with Gasteiger partial charge in [0.15, 0.2) is 5.67 Å². The van der Waals surface area contributed by atoms with E-state index in [1.807, 2.05) is 0 Å². The molecule has 2 amide bonds. The summed E-state index contributed by atoms with van der Waals surface area (Å²) in [6.07, 6.45) is -4.37. The number of benzene rings is 1. The van der Waals surface area contributed by atoms with Gasteiger partial charge in [-0.1, -0.05) is 11.6 Å². The average molecular weight is 506 g/mol. The highest BCUT2D eigenvalue weighted by Crippen LogP contribution is 2.39. The summed E-state index contributed by atoms with van der Waals surface area (Å²) >= 11 is 6.23. The van der Waals surface area contributed by atoms with Crippen LogP contribution < -0.4 is 10.1 Å². The van der Waals surface area contributed by atoms with Crippen molar-refractivity contribution in [3.8, 4) is 5.75 Å². The second-order valence-corrected chi connectivity index (χ2v) is 8.53. The minimum atomic E-state index is -4.82. The maximum absolute atomic E-state index is 15.6. The lowest BCUT2D eigenvalue weighted by molar-refractivity contribution is -0.274. The number of carbonyl (C=O) groups excluding carboxylic acids is 1. The summed E-state index contributed by atoms with van der Waals surface area (Å²) in [7, 11) is 0. The number of rotatable bonds is 6. The van der Waals surface area contributed by atoms with Crippen LogP contribution in [0.15, 0.2) is 30.5 Å². The van der Waals surface area contributed by atoms with Gasteiger partial charge < -0.3 is 25.2 Å². The van der Waals surface area contributed by atoms with E-state index in [0.717, 1.165) is 6.07 Å². The Morgan fingerprint density at radius 2 is 2.00 bits per heavy atom. The lowest BCUT2D eigenvalue weighted by Crippen LogP contribution is -2.45. The number of urea groups is 1. The fourth-order valence-corrected chi connectivity index (χ4v) is 4.08. The van der Waals surface area contributed by atoms with Crippen molar-refractivity contribution in [2.24, 2.45) is 0 Å². The Hall–Kier alpha value is -2.63. The number of likely N-dealkylation sites (tertiary alicyclic amines) is 1. The Morgan fingerprint density at radius 3 is 2.56 bits per heavy atom. The molecule has 1 fully saturated rings. The van der Waals surface area contributed by atoms with Crippen molar-refractivity contribution in [3.05, 3.63) is 52.3 Å². The first kappa shape index (κ1) is 26.0. The quantitative estimate of drug-likeness (QED) is 0.508. The van der Waals surface area contributed by atoms with Gasteiger partial charge in [-0.15, -0.1) is 13.2 Å². The number of ether oxygens (including phenoxy) is 1. The fourth-order valence-electron chi connectivity index (χ4n) is 3.73. The van der Waals surface area contributed by atoms with E-state index in [1.54, 1.807) is 0 Å². The minimum absolute atomic E-state index is 0.0485. The van der Waals surface area contributed by atoms with Gasteiger partial charge in [0, 0.05) is 44.2 Å². The number of nitrogens with zero attached hydrogens (tertiary/aromatic N) is 2. The lowest BCUT2D eigenvalue weighted by Gasteiger charge is -2.36. The maximum atomic E-state index is 15.6. The highest BCUT2D eigenvalue weighted by atomic mass is 35.5. The third-order valence-corrected chi connectivity index (χ3v) is 5.79. The van der Waals surface area contributed by atoms with E-state index in [2.05, 4.69) is 15.0 Å². The number of pyridine rings is 1. The van der Waals surface area contributed by atoms with Gasteiger partial charge in [-0.25, -0.2) is 9.18 Å². The number of anilines is 1. The van der Waals surface area contributed by atoms with Crippen LogP contribution in [0.25, 0.3) is 0 Å². The Morgan fingerprint density at radius 1 is 1.32 bits per heavy atom. The van der Waals surface area contributed by atoms with Gasteiger partial charge in [-0.3, -0.25) is 4.98 Å². The van der Waals surface area contributed by atoms with Gasteiger partial charge in [0.2, 0.25) is 0 Å². The van der Waals surface area contributed by atoms with Crippen LogP contribution in [-0.4, -0.2) is 58.3 Å². The number of piperidine rings is 1. The largest absolute Gasteiger partial charge is 0.573 e. The summed E-state index contributed by atoms with van der Waals surface area (Å²) in [5, 5.41) is 21.2. The molecule has 0 aliphatic carbocycles. The summed E-state index contributed by atoms with van der Waals surface area (Å²) in [6.45, 7) is 1.14. The van der Waals surface area contributed by atoms with Crippen molar-refractivity contribution in [2.75, 3.05) is 25.0 Å². The Labute approximate surface area is 198 Å². The van der Waals surface area contributed by atoms with Gasteiger partial charge in [0.1, 0.15) is 5.75 Å². The number of hydrogen-bond donors (Lipinski definition) is 3. The number of aliphatic hydroxyl groups excluding tert-OH is 2. The first-order valence-corrected chi connectivity index (χ1v) is 10.8. The third-order valence-electron chi connectivity index (χ3n) is 5.50. The Kier molecular flexibility index (Phi) is 7.89. The van der Waals surface area contributed by atoms with Crippen LogP contribution >= 0.6 is 11.6 Å². The molecule has 3 rings (SSSR count). The first-order valence-electron chi connectivity index (χ1n) is 10.5. The van der Waals surface area contributed by atoms with Crippen LogP contribution in [0.3, 0.4) is 0 Å². The molecule has 1 saturated heterocycles. The number of aliphatic hydroxyl groups is 2. The zero-order chi connectivity index (χ0) is 25.1. The highest BCUT2D eigenvalue weighted by Gasteiger charge is 2.40. The van der Waals surface area contributed by atoms with Crippen LogP contribution in [0.5, 0.6) is 5.75 Å². The predicted octanol–water partition coefficient (Wildman–Crippen LogP) is 4.33. The number of aryl methyl sites for hydroxylation is 1. The predicted molar refractivity (Wildman–Crippen MR) is 117 cm³/mol. The molecule has 0 spiro atoms. The number of carbonyl (C=O) groups is 1. The SMILES string of the molecule is Cc1cc(NC(=O)N2CCC(F)(c3ncc(C[C@H](O)CO)cc3Cl)CC2)ccc1OC(F)(F)F.